The maximum atomic E-state index is 3.83. The van der Waals surface area contributed by atoms with Gasteiger partial charge in [-0.3, -0.25) is 0 Å². The van der Waals surface area contributed by atoms with E-state index in [1.165, 1.54) is 0 Å². The highest BCUT2D eigenvalue weighted by Crippen LogP contribution is 2.12. The van der Waals surface area contributed by atoms with Crippen molar-refractivity contribution in [2.75, 3.05) is 0 Å². The zero-order chi connectivity index (χ0) is 7.28. The zero-order valence-electron chi connectivity index (χ0n) is 6.06. The van der Waals surface area contributed by atoms with Gasteiger partial charge in [0.05, 0.1) is 0 Å². The van der Waals surface area contributed by atoms with E-state index in [1.54, 1.807) is 6.08 Å². The Kier molecular flexibility index (Phi) is 3.78. The highest BCUT2D eigenvalue weighted by atomic mass is 14.0. The molecule has 9 heavy (non-hydrogen) atoms. The van der Waals surface area contributed by atoms with E-state index in [1.807, 2.05) is 6.08 Å². The Morgan fingerprint density at radius 2 is 2.11 bits per heavy atom. The van der Waals surface area contributed by atoms with Crippen LogP contribution in [0.15, 0.2) is 37.5 Å². The van der Waals surface area contributed by atoms with Crippen LogP contribution in [0.2, 0.25) is 0 Å². The third-order valence-electron chi connectivity index (χ3n) is 1.42. The summed E-state index contributed by atoms with van der Waals surface area (Å²) in [7, 11) is 0. The number of rotatable bonds is 4. The van der Waals surface area contributed by atoms with Gasteiger partial charge < -0.3 is 0 Å². The summed E-state index contributed by atoms with van der Waals surface area (Å²) in [6.45, 7) is 13.2. The molecule has 50 valence electrons. The summed E-state index contributed by atoms with van der Waals surface area (Å²) in [6.07, 6.45) is 4.69. The average Bonchev–Trinajstić information content (AvgIpc) is 1.87. The molecule has 0 fully saturated rings. The van der Waals surface area contributed by atoms with Gasteiger partial charge in [-0.15, -0.1) is 6.58 Å². The molecule has 0 radical (unpaired) electrons. The first-order valence-corrected chi connectivity index (χ1v) is 3.14. The Labute approximate surface area is 57.6 Å². The standard InChI is InChI=1S/C9H14/c1-5-7-9(4)8(3)6-2/h5-6,9H,1-3,7H2,4H3. The van der Waals surface area contributed by atoms with Crippen LogP contribution in [-0.2, 0) is 0 Å². The van der Waals surface area contributed by atoms with Crippen molar-refractivity contribution in [3.05, 3.63) is 37.5 Å². The summed E-state index contributed by atoms with van der Waals surface area (Å²) in [5.74, 6) is 0.500. The lowest BCUT2D eigenvalue weighted by Gasteiger charge is -2.06. The summed E-state index contributed by atoms with van der Waals surface area (Å²) < 4.78 is 0. The maximum Gasteiger partial charge on any atom is -0.0162 e. The van der Waals surface area contributed by atoms with E-state index in [0.29, 0.717) is 5.92 Å². The van der Waals surface area contributed by atoms with Crippen LogP contribution in [-0.4, -0.2) is 0 Å². The first-order chi connectivity index (χ1) is 4.22. The molecule has 0 aliphatic carbocycles. The van der Waals surface area contributed by atoms with Crippen LogP contribution >= 0.6 is 0 Å². The lowest BCUT2D eigenvalue weighted by molar-refractivity contribution is 0.716. The lowest BCUT2D eigenvalue weighted by Crippen LogP contribution is -1.92. The second-order valence-electron chi connectivity index (χ2n) is 2.20. The zero-order valence-corrected chi connectivity index (χ0v) is 6.06. The van der Waals surface area contributed by atoms with Crippen LogP contribution in [0.1, 0.15) is 13.3 Å². The fourth-order valence-electron chi connectivity index (χ4n) is 0.603. The third-order valence-corrected chi connectivity index (χ3v) is 1.42. The highest BCUT2D eigenvalue weighted by Gasteiger charge is 1.98. The molecule has 1 atom stereocenters. The molecule has 0 aliphatic heterocycles. The molecule has 0 nitrogen and oxygen atoms in total. The Bertz CT molecular complexity index is 120. The minimum absolute atomic E-state index is 0.500. The van der Waals surface area contributed by atoms with Crippen LogP contribution in [0, 0.1) is 5.92 Å². The van der Waals surface area contributed by atoms with Gasteiger partial charge >= 0.3 is 0 Å². The van der Waals surface area contributed by atoms with Crippen LogP contribution in [0.5, 0.6) is 0 Å². The second kappa shape index (κ2) is 4.13. The van der Waals surface area contributed by atoms with E-state index < -0.39 is 0 Å². The minimum atomic E-state index is 0.500. The Morgan fingerprint density at radius 1 is 1.56 bits per heavy atom. The van der Waals surface area contributed by atoms with Gasteiger partial charge in [-0.2, -0.15) is 0 Å². The summed E-state index contributed by atoms with van der Waals surface area (Å²) in [6, 6.07) is 0. The minimum Gasteiger partial charge on any atom is -0.103 e. The number of allylic oxidation sites excluding steroid dienone is 3. The van der Waals surface area contributed by atoms with Gasteiger partial charge in [-0.05, 0) is 12.3 Å². The van der Waals surface area contributed by atoms with Gasteiger partial charge in [-0.1, -0.05) is 37.8 Å². The predicted molar refractivity (Wildman–Crippen MR) is 43.3 cm³/mol. The van der Waals surface area contributed by atoms with Crippen molar-refractivity contribution in [2.24, 2.45) is 5.92 Å². The van der Waals surface area contributed by atoms with Crippen molar-refractivity contribution in [1.29, 1.82) is 0 Å². The van der Waals surface area contributed by atoms with Crippen molar-refractivity contribution in [2.45, 2.75) is 13.3 Å². The van der Waals surface area contributed by atoms with Crippen molar-refractivity contribution in [3.8, 4) is 0 Å². The van der Waals surface area contributed by atoms with E-state index in [2.05, 4.69) is 26.7 Å². The van der Waals surface area contributed by atoms with E-state index in [9.17, 15) is 0 Å². The molecule has 0 heterocycles. The molecule has 0 spiro atoms. The monoisotopic (exact) mass is 122 g/mol. The van der Waals surface area contributed by atoms with Crippen LogP contribution in [0.4, 0.5) is 0 Å². The van der Waals surface area contributed by atoms with Gasteiger partial charge in [0, 0.05) is 0 Å². The summed E-state index contributed by atoms with van der Waals surface area (Å²) >= 11 is 0. The van der Waals surface area contributed by atoms with Gasteiger partial charge in [0.15, 0.2) is 0 Å². The molecule has 0 saturated carbocycles. The van der Waals surface area contributed by atoms with Crippen molar-refractivity contribution in [1.82, 2.24) is 0 Å². The molecule has 0 heteroatoms. The smallest absolute Gasteiger partial charge is 0.0162 e. The van der Waals surface area contributed by atoms with E-state index >= 15 is 0 Å². The normalized spacial score (nSPS) is 12.1. The van der Waals surface area contributed by atoms with E-state index in [4.69, 9.17) is 0 Å². The summed E-state index contributed by atoms with van der Waals surface area (Å²) in [5, 5.41) is 0. The molecular formula is C9H14. The summed E-state index contributed by atoms with van der Waals surface area (Å²) in [4.78, 5) is 0. The molecule has 0 amide bonds. The largest absolute Gasteiger partial charge is 0.103 e. The highest BCUT2D eigenvalue weighted by molar-refractivity contribution is 5.14. The molecule has 0 N–H and O–H groups in total. The van der Waals surface area contributed by atoms with Crippen molar-refractivity contribution in [3.63, 3.8) is 0 Å². The van der Waals surface area contributed by atoms with Crippen molar-refractivity contribution < 1.29 is 0 Å². The number of hydrogen-bond acceptors (Lipinski definition) is 0. The van der Waals surface area contributed by atoms with E-state index in [0.717, 1.165) is 12.0 Å². The average molecular weight is 122 g/mol. The molecule has 0 aromatic carbocycles. The molecule has 1 unspecified atom stereocenters. The quantitative estimate of drug-likeness (QED) is 0.397. The summed E-state index contributed by atoms with van der Waals surface area (Å²) in [5.41, 5.74) is 1.09. The fraction of sp³-hybridized carbons (Fsp3) is 0.333. The van der Waals surface area contributed by atoms with Crippen LogP contribution in [0.3, 0.4) is 0 Å². The maximum absolute atomic E-state index is 3.83. The first kappa shape index (κ1) is 8.22. The fourth-order valence-corrected chi connectivity index (χ4v) is 0.603. The molecule has 0 bridgehead atoms. The molecule has 0 saturated heterocycles. The van der Waals surface area contributed by atoms with Gasteiger partial charge in [0.2, 0.25) is 0 Å². The van der Waals surface area contributed by atoms with Gasteiger partial charge in [-0.25, -0.2) is 0 Å². The Morgan fingerprint density at radius 3 is 2.44 bits per heavy atom. The lowest BCUT2D eigenvalue weighted by atomic mass is 10.00. The third kappa shape index (κ3) is 2.91. The van der Waals surface area contributed by atoms with Crippen LogP contribution < -0.4 is 0 Å². The van der Waals surface area contributed by atoms with Gasteiger partial charge in [0.25, 0.3) is 0 Å². The first-order valence-electron chi connectivity index (χ1n) is 3.14. The SMILES string of the molecule is C=CCC(C)C(=C)C=C. The van der Waals surface area contributed by atoms with Gasteiger partial charge in [0.1, 0.15) is 0 Å². The Balaban J connectivity index is 3.71. The molecule has 0 aromatic heterocycles. The number of hydrogen-bond donors (Lipinski definition) is 0. The topological polar surface area (TPSA) is 0 Å². The van der Waals surface area contributed by atoms with Crippen molar-refractivity contribution >= 4 is 0 Å². The molecule has 0 rings (SSSR count). The predicted octanol–water partition coefficient (Wildman–Crippen LogP) is 2.94. The second-order valence-corrected chi connectivity index (χ2v) is 2.20. The Hall–Kier alpha value is -0.780. The molecular weight excluding hydrogens is 108 g/mol. The van der Waals surface area contributed by atoms with E-state index in [-0.39, 0.29) is 0 Å². The molecule has 0 aromatic rings. The van der Waals surface area contributed by atoms with Crippen LogP contribution in [0.25, 0.3) is 0 Å². The molecule has 0 aliphatic rings.